The zero-order valence-electron chi connectivity index (χ0n) is 14.1. The zero-order valence-corrected chi connectivity index (χ0v) is 14.1. The highest BCUT2D eigenvalue weighted by Crippen LogP contribution is 2.19. The van der Waals surface area contributed by atoms with Gasteiger partial charge in [-0.15, -0.1) is 0 Å². The Bertz CT molecular complexity index is 567. The summed E-state index contributed by atoms with van der Waals surface area (Å²) in [4.78, 5) is 24.0. The van der Waals surface area contributed by atoms with Crippen LogP contribution in [0.25, 0.3) is 0 Å². The second kappa shape index (κ2) is 8.06. The van der Waals surface area contributed by atoms with E-state index < -0.39 is 23.2 Å². The number of hydrogen-bond donors (Lipinski definition) is 3. The molecule has 0 spiro atoms. The fraction of sp³-hybridized carbons (Fsp3) is 0.529. The van der Waals surface area contributed by atoms with E-state index in [2.05, 4.69) is 10.6 Å². The first-order chi connectivity index (χ1) is 10.6. The number of rotatable bonds is 6. The van der Waals surface area contributed by atoms with Crippen molar-refractivity contribution in [3.05, 3.63) is 29.6 Å². The highest BCUT2D eigenvalue weighted by molar-refractivity contribution is 5.98. The largest absolute Gasteiger partial charge is 0.391 e. The minimum absolute atomic E-state index is 0.0602. The van der Waals surface area contributed by atoms with Crippen LogP contribution in [0.3, 0.4) is 0 Å². The summed E-state index contributed by atoms with van der Waals surface area (Å²) in [6, 6.07) is 3.83. The summed E-state index contributed by atoms with van der Waals surface area (Å²) >= 11 is 0. The van der Waals surface area contributed by atoms with Crippen LogP contribution in [-0.2, 0) is 4.79 Å². The molecule has 0 bridgehead atoms. The molecule has 1 aromatic carbocycles. The van der Waals surface area contributed by atoms with Gasteiger partial charge < -0.3 is 15.7 Å². The van der Waals surface area contributed by atoms with Gasteiger partial charge in [-0.3, -0.25) is 9.59 Å². The van der Waals surface area contributed by atoms with Gasteiger partial charge in [0, 0.05) is 17.6 Å². The summed E-state index contributed by atoms with van der Waals surface area (Å²) in [6.07, 6.45) is 0.695. The van der Waals surface area contributed by atoms with Gasteiger partial charge in [-0.05, 0) is 24.6 Å². The van der Waals surface area contributed by atoms with Gasteiger partial charge in [-0.2, -0.15) is 0 Å². The first kappa shape index (κ1) is 19.1. The molecule has 0 aliphatic carbocycles. The molecule has 0 aliphatic rings. The molecular formula is C17H25FN2O3. The Kier molecular flexibility index (Phi) is 6.69. The van der Waals surface area contributed by atoms with Crippen molar-refractivity contribution >= 4 is 17.5 Å². The summed E-state index contributed by atoms with van der Waals surface area (Å²) in [5, 5.41) is 14.8. The average Bonchev–Trinajstić information content (AvgIpc) is 2.46. The van der Waals surface area contributed by atoms with Crippen molar-refractivity contribution in [3.8, 4) is 0 Å². The van der Waals surface area contributed by atoms with Crippen LogP contribution in [0.1, 0.15) is 50.9 Å². The van der Waals surface area contributed by atoms with Gasteiger partial charge >= 0.3 is 0 Å². The van der Waals surface area contributed by atoms with Crippen molar-refractivity contribution in [1.29, 1.82) is 0 Å². The van der Waals surface area contributed by atoms with E-state index in [-0.39, 0.29) is 18.0 Å². The molecule has 1 atom stereocenters. The number of hydrogen-bond acceptors (Lipinski definition) is 3. The zero-order chi connectivity index (χ0) is 17.6. The van der Waals surface area contributed by atoms with E-state index in [1.165, 1.54) is 12.1 Å². The highest BCUT2D eigenvalue weighted by Gasteiger charge is 2.22. The Balaban J connectivity index is 2.81. The standard InChI is InChI=1S/C17H25FN2O3/c1-5-6-12(21)10-19-15(22)13-9-11(7-8-14(13)18)20-16(23)17(2,3)4/h7-9,12,21H,5-6,10H2,1-4H3,(H,19,22)(H,20,23). The predicted molar refractivity (Wildman–Crippen MR) is 87.7 cm³/mol. The monoisotopic (exact) mass is 324 g/mol. The van der Waals surface area contributed by atoms with Crippen molar-refractivity contribution in [1.82, 2.24) is 5.32 Å². The van der Waals surface area contributed by atoms with E-state index in [0.29, 0.717) is 12.1 Å². The summed E-state index contributed by atoms with van der Waals surface area (Å²) < 4.78 is 13.8. The van der Waals surface area contributed by atoms with Crippen LogP contribution < -0.4 is 10.6 Å². The third kappa shape index (κ3) is 5.98. The molecule has 5 nitrogen and oxygen atoms in total. The average molecular weight is 324 g/mol. The molecule has 0 fully saturated rings. The van der Waals surface area contributed by atoms with Crippen molar-refractivity contribution in [2.75, 3.05) is 11.9 Å². The number of halogens is 1. The molecule has 2 amide bonds. The van der Waals surface area contributed by atoms with Gasteiger partial charge in [0.15, 0.2) is 0 Å². The molecule has 0 heterocycles. The molecule has 128 valence electrons. The number of carbonyl (C=O) groups excluding carboxylic acids is 2. The minimum Gasteiger partial charge on any atom is -0.391 e. The SMILES string of the molecule is CCCC(O)CNC(=O)c1cc(NC(=O)C(C)(C)C)ccc1F. The summed E-state index contributed by atoms with van der Waals surface area (Å²) in [5.74, 6) is -1.53. The lowest BCUT2D eigenvalue weighted by Gasteiger charge is -2.18. The fourth-order valence-corrected chi connectivity index (χ4v) is 1.84. The number of amides is 2. The maximum atomic E-state index is 13.8. The smallest absolute Gasteiger partial charge is 0.254 e. The quantitative estimate of drug-likeness (QED) is 0.753. The number of nitrogens with one attached hydrogen (secondary N) is 2. The van der Waals surface area contributed by atoms with Crippen LogP contribution in [0.2, 0.25) is 0 Å². The topological polar surface area (TPSA) is 78.4 Å². The molecular weight excluding hydrogens is 299 g/mol. The second-order valence-electron chi connectivity index (χ2n) is 6.55. The van der Waals surface area contributed by atoms with Crippen molar-refractivity contribution < 1.29 is 19.1 Å². The maximum Gasteiger partial charge on any atom is 0.254 e. The van der Waals surface area contributed by atoms with Crippen LogP contribution in [0.15, 0.2) is 18.2 Å². The molecule has 1 aromatic rings. The lowest BCUT2D eigenvalue weighted by Crippen LogP contribution is -2.32. The molecule has 0 aliphatic heterocycles. The Hall–Kier alpha value is -1.95. The predicted octanol–water partition coefficient (Wildman–Crippen LogP) is 2.70. The molecule has 1 unspecified atom stereocenters. The van der Waals surface area contributed by atoms with Crippen molar-refractivity contribution in [3.63, 3.8) is 0 Å². The summed E-state index contributed by atoms with van der Waals surface area (Å²) in [6.45, 7) is 7.26. The first-order valence-corrected chi connectivity index (χ1v) is 7.72. The van der Waals surface area contributed by atoms with E-state index in [4.69, 9.17) is 0 Å². The number of benzene rings is 1. The lowest BCUT2D eigenvalue weighted by atomic mass is 9.95. The Morgan fingerprint density at radius 2 is 1.96 bits per heavy atom. The van der Waals surface area contributed by atoms with E-state index in [9.17, 15) is 19.1 Å². The molecule has 3 N–H and O–H groups in total. The van der Waals surface area contributed by atoms with Gasteiger partial charge in [-0.25, -0.2) is 4.39 Å². The van der Waals surface area contributed by atoms with Gasteiger partial charge in [0.25, 0.3) is 5.91 Å². The van der Waals surface area contributed by atoms with Crippen LogP contribution in [0.4, 0.5) is 10.1 Å². The van der Waals surface area contributed by atoms with E-state index in [0.717, 1.165) is 12.5 Å². The Labute approximate surface area is 136 Å². The van der Waals surface area contributed by atoms with E-state index in [1.807, 2.05) is 6.92 Å². The van der Waals surface area contributed by atoms with Crippen LogP contribution in [0.5, 0.6) is 0 Å². The molecule has 23 heavy (non-hydrogen) atoms. The van der Waals surface area contributed by atoms with Gasteiger partial charge in [-0.1, -0.05) is 34.1 Å². The maximum absolute atomic E-state index is 13.8. The third-order valence-corrected chi connectivity index (χ3v) is 3.27. The van der Waals surface area contributed by atoms with Crippen molar-refractivity contribution in [2.45, 2.75) is 46.6 Å². The minimum atomic E-state index is -0.679. The van der Waals surface area contributed by atoms with Gasteiger partial charge in [0.05, 0.1) is 11.7 Å². The van der Waals surface area contributed by atoms with Crippen LogP contribution >= 0.6 is 0 Å². The lowest BCUT2D eigenvalue weighted by molar-refractivity contribution is -0.123. The number of aliphatic hydroxyl groups excluding tert-OH is 1. The van der Waals surface area contributed by atoms with Crippen molar-refractivity contribution in [2.24, 2.45) is 5.41 Å². The molecule has 0 aromatic heterocycles. The summed E-state index contributed by atoms with van der Waals surface area (Å²) in [7, 11) is 0. The highest BCUT2D eigenvalue weighted by atomic mass is 19.1. The normalized spacial score (nSPS) is 12.6. The third-order valence-electron chi connectivity index (χ3n) is 3.27. The second-order valence-corrected chi connectivity index (χ2v) is 6.55. The van der Waals surface area contributed by atoms with Gasteiger partial charge in [0.1, 0.15) is 5.82 Å². The molecule has 0 radical (unpaired) electrons. The number of anilines is 1. The summed E-state index contributed by atoms with van der Waals surface area (Å²) in [5.41, 5.74) is -0.410. The Morgan fingerprint density at radius 1 is 1.30 bits per heavy atom. The van der Waals surface area contributed by atoms with Crippen LogP contribution in [-0.4, -0.2) is 29.6 Å². The Morgan fingerprint density at radius 3 is 2.52 bits per heavy atom. The number of aliphatic hydroxyl groups is 1. The molecule has 6 heteroatoms. The van der Waals surface area contributed by atoms with Gasteiger partial charge in [0.2, 0.25) is 5.91 Å². The van der Waals surface area contributed by atoms with E-state index >= 15 is 0 Å². The van der Waals surface area contributed by atoms with Crippen LogP contribution in [0, 0.1) is 11.2 Å². The molecule has 1 rings (SSSR count). The first-order valence-electron chi connectivity index (χ1n) is 7.72. The molecule has 0 saturated carbocycles. The molecule has 0 saturated heterocycles. The van der Waals surface area contributed by atoms with E-state index in [1.54, 1.807) is 20.8 Å². The fourth-order valence-electron chi connectivity index (χ4n) is 1.84. The number of carbonyl (C=O) groups is 2.